The van der Waals surface area contributed by atoms with Gasteiger partial charge in [0.15, 0.2) is 11.9 Å². The van der Waals surface area contributed by atoms with Crippen LogP contribution in [0.2, 0.25) is 0 Å². The van der Waals surface area contributed by atoms with E-state index in [1.54, 1.807) is 6.92 Å². The summed E-state index contributed by atoms with van der Waals surface area (Å²) >= 11 is 0.710. The van der Waals surface area contributed by atoms with Gasteiger partial charge in [-0.1, -0.05) is 18.3 Å². The van der Waals surface area contributed by atoms with Crippen molar-refractivity contribution >= 4 is 27.6 Å². The second-order valence-electron chi connectivity index (χ2n) is 5.19. The van der Waals surface area contributed by atoms with Gasteiger partial charge >= 0.3 is 4.87 Å². The van der Waals surface area contributed by atoms with Crippen LogP contribution in [0.25, 0.3) is 10.3 Å². The highest BCUT2D eigenvalue weighted by atomic mass is 32.1. The van der Waals surface area contributed by atoms with Crippen molar-refractivity contribution in [1.29, 1.82) is 0 Å². The minimum atomic E-state index is -0.999. The number of aliphatic hydroxyl groups excluding tert-OH is 2. The predicted octanol–water partition coefficient (Wildman–Crippen LogP) is -0.852. The van der Waals surface area contributed by atoms with E-state index >= 15 is 0 Å². The Morgan fingerprint density at radius 2 is 2.32 bits per heavy atom. The number of rotatable bonds is 3. The Hall–Kier alpha value is -1.75. The molecule has 1 fully saturated rings. The van der Waals surface area contributed by atoms with Gasteiger partial charge in [0.05, 0.1) is 12.2 Å². The van der Waals surface area contributed by atoms with E-state index < -0.39 is 35.0 Å². The van der Waals surface area contributed by atoms with Gasteiger partial charge in [-0.15, -0.1) is 0 Å². The number of nitrogens with zero attached hydrogens (tertiary/aromatic N) is 2. The molecule has 0 bridgehead atoms. The van der Waals surface area contributed by atoms with E-state index in [-0.39, 0.29) is 22.7 Å². The molecule has 1 aliphatic rings. The van der Waals surface area contributed by atoms with E-state index in [2.05, 4.69) is 9.97 Å². The molecule has 1 saturated heterocycles. The van der Waals surface area contributed by atoms with Crippen LogP contribution in [0.4, 0.5) is 5.95 Å². The highest BCUT2D eigenvalue weighted by Crippen LogP contribution is 2.32. The van der Waals surface area contributed by atoms with Crippen LogP contribution in [-0.2, 0) is 4.74 Å². The number of hydrogen-bond donors (Lipinski definition) is 4. The molecular formula is C12H16N4O5S. The van der Waals surface area contributed by atoms with Gasteiger partial charge in [0.25, 0.3) is 5.56 Å². The summed E-state index contributed by atoms with van der Waals surface area (Å²) in [6.45, 7) is 1.79. The van der Waals surface area contributed by atoms with Gasteiger partial charge in [-0.25, -0.2) is 0 Å². The number of aromatic amines is 1. The van der Waals surface area contributed by atoms with Crippen molar-refractivity contribution in [3.8, 4) is 0 Å². The van der Waals surface area contributed by atoms with Crippen LogP contribution in [-0.4, -0.2) is 43.1 Å². The summed E-state index contributed by atoms with van der Waals surface area (Å²) in [5.41, 5.74) is 5.08. The second-order valence-corrected chi connectivity index (χ2v) is 6.15. The molecular weight excluding hydrogens is 312 g/mol. The third-order valence-corrected chi connectivity index (χ3v) is 4.65. The van der Waals surface area contributed by atoms with Crippen LogP contribution in [0, 0.1) is 0 Å². The number of nitrogens with one attached hydrogen (secondary N) is 1. The van der Waals surface area contributed by atoms with Crippen molar-refractivity contribution < 1.29 is 14.9 Å². The first-order chi connectivity index (χ1) is 10.4. The number of thiazole rings is 1. The fourth-order valence-electron chi connectivity index (χ4n) is 2.59. The summed E-state index contributed by atoms with van der Waals surface area (Å²) in [6, 6.07) is 0. The van der Waals surface area contributed by atoms with E-state index in [0.717, 1.165) is 4.57 Å². The van der Waals surface area contributed by atoms with Crippen molar-refractivity contribution in [2.75, 3.05) is 5.73 Å². The molecule has 9 nitrogen and oxygen atoms in total. The first kappa shape index (κ1) is 15.2. The highest BCUT2D eigenvalue weighted by Gasteiger charge is 2.40. The molecule has 0 aromatic carbocycles. The first-order valence-electron chi connectivity index (χ1n) is 6.84. The fourth-order valence-corrected chi connectivity index (χ4v) is 3.44. The molecule has 1 aliphatic heterocycles. The van der Waals surface area contributed by atoms with E-state index in [4.69, 9.17) is 10.5 Å². The molecule has 0 amide bonds. The largest absolute Gasteiger partial charge is 0.390 e. The summed E-state index contributed by atoms with van der Waals surface area (Å²) in [4.78, 5) is 29.8. The van der Waals surface area contributed by atoms with Gasteiger partial charge in [-0.05, 0) is 6.42 Å². The molecule has 4 atom stereocenters. The number of hydrogen-bond acceptors (Lipinski definition) is 8. The Labute approximate surface area is 128 Å². The van der Waals surface area contributed by atoms with Gasteiger partial charge < -0.3 is 20.7 Å². The van der Waals surface area contributed by atoms with Crippen molar-refractivity contribution in [2.45, 2.75) is 44.3 Å². The number of nitrogens with two attached hydrogens (primary N) is 1. The number of aliphatic hydroxyl groups is 2. The maximum atomic E-state index is 12.2. The van der Waals surface area contributed by atoms with Crippen molar-refractivity contribution in [2.24, 2.45) is 0 Å². The zero-order valence-corrected chi connectivity index (χ0v) is 12.5. The Balaban J connectivity index is 2.09. The minimum Gasteiger partial charge on any atom is -0.390 e. The lowest BCUT2D eigenvalue weighted by Crippen LogP contribution is -2.28. The Kier molecular flexibility index (Phi) is 3.77. The predicted molar refractivity (Wildman–Crippen MR) is 79.7 cm³/mol. The molecule has 22 heavy (non-hydrogen) atoms. The lowest BCUT2D eigenvalue weighted by atomic mass is 10.1. The van der Waals surface area contributed by atoms with Crippen LogP contribution in [0.3, 0.4) is 0 Å². The Morgan fingerprint density at radius 3 is 3.00 bits per heavy atom. The normalized spacial score (nSPS) is 26.6. The molecule has 10 heteroatoms. The number of aromatic nitrogens is 3. The van der Waals surface area contributed by atoms with Crippen LogP contribution < -0.4 is 16.2 Å². The quantitative estimate of drug-likeness (QED) is 0.574. The maximum absolute atomic E-state index is 12.2. The standard InChI is InChI=1S/C12H16N4O5S/c1-2-4(17)6-3-5(18)10(21-6)16-8-7(22-12(16)20)9(19)15-11(13)14-8/h4-6,10,17-18H,2-3H2,1H3,(H3,13,14,15,19)/t4-,5-,6+,10-/m1/s1. The molecule has 0 radical (unpaired) electrons. The molecule has 0 aliphatic carbocycles. The third-order valence-electron chi connectivity index (χ3n) is 3.71. The fraction of sp³-hybridized carbons (Fsp3) is 0.583. The Bertz CT molecular complexity index is 812. The summed E-state index contributed by atoms with van der Waals surface area (Å²) in [5, 5.41) is 20.0. The molecule has 120 valence electrons. The van der Waals surface area contributed by atoms with Gasteiger partial charge in [-0.2, -0.15) is 4.98 Å². The maximum Gasteiger partial charge on any atom is 0.311 e. The molecule has 0 saturated carbocycles. The summed E-state index contributed by atoms with van der Waals surface area (Å²) < 4.78 is 6.86. The third kappa shape index (κ3) is 2.33. The number of nitrogen functional groups attached to an aromatic ring is 1. The first-order valence-corrected chi connectivity index (χ1v) is 7.66. The van der Waals surface area contributed by atoms with Gasteiger partial charge in [-0.3, -0.25) is 19.1 Å². The average Bonchev–Trinajstić information content (AvgIpc) is 2.98. The zero-order valence-electron chi connectivity index (χ0n) is 11.7. The van der Waals surface area contributed by atoms with Crippen LogP contribution >= 0.6 is 11.3 Å². The van der Waals surface area contributed by atoms with E-state index in [1.807, 2.05) is 0 Å². The monoisotopic (exact) mass is 328 g/mol. The SMILES string of the molecule is CC[C@@H](O)[C@@H]1C[C@@H](O)[C@H](n2c(=O)sc3c(=O)[nH]c(N)nc32)O1. The number of ether oxygens (including phenoxy) is 1. The molecule has 5 N–H and O–H groups in total. The van der Waals surface area contributed by atoms with Crippen LogP contribution in [0.1, 0.15) is 26.0 Å². The number of H-pyrrole nitrogens is 1. The van der Waals surface area contributed by atoms with Crippen molar-refractivity contribution in [1.82, 2.24) is 14.5 Å². The number of fused-ring (bicyclic) bond motifs is 1. The molecule has 3 heterocycles. The van der Waals surface area contributed by atoms with Crippen LogP contribution in [0.15, 0.2) is 9.59 Å². The van der Waals surface area contributed by atoms with Crippen molar-refractivity contribution in [3.63, 3.8) is 0 Å². The lowest BCUT2D eigenvalue weighted by molar-refractivity contribution is -0.0752. The lowest BCUT2D eigenvalue weighted by Gasteiger charge is -2.18. The second kappa shape index (κ2) is 5.47. The zero-order chi connectivity index (χ0) is 16.0. The van der Waals surface area contributed by atoms with Crippen molar-refractivity contribution in [3.05, 3.63) is 20.0 Å². The highest BCUT2D eigenvalue weighted by molar-refractivity contribution is 7.16. The topological polar surface area (TPSA) is 143 Å². The summed E-state index contributed by atoms with van der Waals surface area (Å²) in [5.74, 6) is -0.123. The Morgan fingerprint density at radius 1 is 1.59 bits per heavy atom. The van der Waals surface area contributed by atoms with Gasteiger partial charge in [0, 0.05) is 6.42 Å². The van der Waals surface area contributed by atoms with E-state index in [0.29, 0.717) is 17.8 Å². The van der Waals surface area contributed by atoms with Gasteiger partial charge in [0.2, 0.25) is 5.95 Å². The molecule has 0 spiro atoms. The molecule has 2 aromatic heterocycles. The minimum absolute atomic E-state index is 0.0759. The summed E-state index contributed by atoms with van der Waals surface area (Å²) in [6.07, 6.45) is -2.63. The van der Waals surface area contributed by atoms with E-state index in [1.165, 1.54) is 0 Å². The average molecular weight is 328 g/mol. The van der Waals surface area contributed by atoms with E-state index in [9.17, 15) is 19.8 Å². The molecule has 2 aromatic rings. The van der Waals surface area contributed by atoms with Gasteiger partial charge in [0.1, 0.15) is 10.8 Å². The smallest absolute Gasteiger partial charge is 0.311 e. The van der Waals surface area contributed by atoms with Crippen LogP contribution in [0.5, 0.6) is 0 Å². The molecule has 3 rings (SSSR count). The molecule has 0 unspecified atom stereocenters. The summed E-state index contributed by atoms with van der Waals surface area (Å²) in [7, 11) is 0. The number of anilines is 1.